The molecule has 3 aliphatic heterocycles. The number of esters is 1. The number of nitrogens with zero attached hydrogens (tertiary/aromatic N) is 1. The van der Waals surface area contributed by atoms with Crippen molar-refractivity contribution in [2.75, 3.05) is 13.1 Å². The lowest BCUT2D eigenvalue weighted by Crippen LogP contribution is -2.40. The summed E-state index contributed by atoms with van der Waals surface area (Å²) in [5.41, 5.74) is 0.289. The summed E-state index contributed by atoms with van der Waals surface area (Å²) in [5, 5.41) is 0. The first kappa shape index (κ1) is 16.3. The lowest BCUT2D eigenvalue weighted by molar-refractivity contribution is -0.155. The summed E-state index contributed by atoms with van der Waals surface area (Å²) in [7, 11) is 0. The minimum atomic E-state index is -0.646. The van der Waals surface area contributed by atoms with Crippen LogP contribution in [-0.4, -0.2) is 41.6 Å². The highest BCUT2D eigenvalue weighted by atomic mass is 16.6. The number of hydrogen-bond donors (Lipinski definition) is 0. The van der Waals surface area contributed by atoms with Gasteiger partial charge in [0, 0.05) is 6.54 Å². The SMILES string of the molecule is CC(C)CN1C[C@@]23C=C[C@H](O2)[C@@H](C(=O)OCc2ccccc2)[C@H]3C1=O. The number of benzene rings is 1. The van der Waals surface area contributed by atoms with Gasteiger partial charge in [0.2, 0.25) is 5.91 Å². The van der Waals surface area contributed by atoms with Crippen LogP contribution in [0.2, 0.25) is 0 Å². The van der Waals surface area contributed by atoms with E-state index in [1.54, 1.807) is 0 Å². The van der Waals surface area contributed by atoms with Gasteiger partial charge in [0.15, 0.2) is 0 Å². The molecule has 2 fully saturated rings. The second-order valence-corrected chi connectivity index (χ2v) is 7.61. The van der Waals surface area contributed by atoms with Gasteiger partial charge in [0.1, 0.15) is 18.1 Å². The Morgan fingerprint density at radius 3 is 2.84 bits per heavy atom. The van der Waals surface area contributed by atoms with Gasteiger partial charge >= 0.3 is 5.97 Å². The number of hydrogen-bond acceptors (Lipinski definition) is 4. The van der Waals surface area contributed by atoms with Crippen LogP contribution < -0.4 is 0 Å². The highest BCUT2D eigenvalue weighted by molar-refractivity contribution is 5.91. The molecule has 4 atom stereocenters. The molecule has 0 radical (unpaired) electrons. The smallest absolute Gasteiger partial charge is 0.313 e. The molecule has 0 aromatic heterocycles. The molecular formula is C20H23NO4. The molecule has 1 aromatic rings. The van der Waals surface area contributed by atoms with Crippen molar-refractivity contribution in [2.24, 2.45) is 17.8 Å². The van der Waals surface area contributed by atoms with Crippen LogP contribution in [-0.2, 0) is 25.7 Å². The zero-order valence-electron chi connectivity index (χ0n) is 14.6. The molecule has 2 saturated heterocycles. The van der Waals surface area contributed by atoms with Gasteiger partial charge in [0.25, 0.3) is 0 Å². The Morgan fingerprint density at radius 1 is 1.36 bits per heavy atom. The monoisotopic (exact) mass is 341 g/mol. The zero-order valence-corrected chi connectivity index (χ0v) is 14.6. The third-order valence-electron chi connectivity index (χ3n) is 5.26. The molecule has 2 bridgehead atoms. The summed E-state index contributed by atoms with van der Waals surface area (Å²) in [4.78, 5) is 27.4. The van der Waals surface area contributed by atoms with Crippen LogP contribution in [0.4, 0.5) is 0 Å². The first-order valence-electron chi connectivity index (χ1n) is 8.87. The Kier molecular flexibility index (Phi) is 3.91. The average Bonchev–Trinajstić information content (AvgIpc) is 3.22. The van der Waals surface area contributed by atoms with E-state index >= 15 is 0 Å². The van der Waals surface area contributed by atoms with Crippen molar-refractivity contribution >= 4 is 11.9 Å². The fraction of sp³-hybridized carbons (Fsp3) is 0.500. The number of fused-ring (bicyclic) bond motifs is 1. The van der Waals surface area contributed by atoms with Crippen LogP contribution >= 0.6 is 0 Å². The first-order chi connectivity index (χ1) is 12.0. The maximum atomic E-state index is 12.9. The summed E-state index contributed by atoms with van der Waals surface area (Å²) < 4.78 is 11.6. The van der Waals surface area contributed by atoms with E-state index in [0.717, 1.165) is 5.56 Å². The van der Waals surface area contributed by atoms with Gasteiger partial charge in [-0.3, -0.25) is 9.59 Å². The number of ether oxygens (including phenoxy) is 2. The van der Waals surface area contributed by atoms with E-state index in [2.05, 4.69) is 13.8 Å². The highest BCUT2D eigenvalue weighted by Gasteiger charge is 2.67. The lowest BCUT2D eigenvalue weighted by atomic mass is 9.77. The van der Waals surface area contributed by atoms with Crippen LogP contribution in [0.15, 0.2) is 42.5 Å². The molecule has 3 aliphatic rings. The van der Waals surface area contributed by atoms with Gasteiger partial charge in [0.05, 0.1) is 18.6 Å². The van der Waals surface area contributed by atoms with Crippen molar-refractivity contribution in [1.29, 1.82) is 0 Å². The van der Waals surface area contributed by atoms with Gasteiger partial charge in [-0.25, -0.2) is 0 Å². The first-order valence-corrected chi connectivity index (χ1v) is 8.87. The van der Waals surface area contributed by atoms with E-state index in [4.69, 9.17) is 9.47 Å². The zero-order chi connectivity index (χ0) is 17.6. The van der Waals surface area contributed by atoms with Gasteiger partial charge in [-0.15, -0.1) is 0 Å². The van der Waals surface area contributed by atoms with Crippen LogP contribution in [0.5, 0.6) is 0 Å². The molecule has 5 heteroatoms. The molecule has 1 amide bonds. The Hall–Kier alpha value is -2.14. The molecule has 1 spiro atoms. The van der Waals surface area contributed by atoms with E-state index in [9.17, 15) is 9.59 Å². The molecule has 0 aliphatic carbocycles. The number of likely N-dealkylation sites (tertiary alicyclic amines) is 1. The number of carbonyl (C=O) groups is 2. The average molecular weight is 341 g/mol. The van der Waals surface area contributed by atoms with Crippen LogP contribution in [0.3, 0.4) is 0 Å². The minimum Gasteiger partial charge on any atom is -0.460 e. The van der Waals surface area contributed by atoms with E-state index in [1.807, 2.05) is 47.4 Å². The quantitative estimate of drug-likeness (QED) is 0.608. The summed E-state index contributed by atoms with van der Waals surface area (Å²) in [6.07, 6.45) is 3.54. The van der Waals surface area contributed by atoms with Crippen molar-refractivity contribution in [1.82, 2.24) is 4.90 Å². The number of rotatable bonds is 5. The number of carbonyl (C=O) groups excluding carboxylic acids is 2. The van der Waals surface area contributed by atoms with Crippen molar-refractivity contribution in [2.45, 2.75) is 32.2 Å². The largest absolute Gasteiger partial charge is 0.460 e. The molecule has 0 N–H and O–H groups in total. The second kappa shape index (κ2) is 5.99. The normalized spacial score (nSPS) is 32.5. The third-order valence-corrected chi connectivity index (χ3v) is 5.26. The van der Waals surface area contributed by atoms with Crippen LogP contribution in [0, 0.1) is 17.8 Å². The molecule has 1 aromatic carbocycles. The number of amides is 1. The van der Waals surface area contributed by atoms with E-state index < -0.39 is 17.4 Å². The maximum absolute atomic E-state index is 12.9. The molecule has 25 heavy (non-hydrogen) atoms. The van der Waals surface area contributed by atoms with Crippen molar-refractivity contribution in [3.63, 3.8) is 0 Å². The summed E-state index contributed by atoms with van der Waals surface area (Å²) in [6.45, 7) is 5.60. The fourth-order valence-corrected chi connectivity index (χ4v) is 4.27. The standard InChI is InChI=1S/C20H23NO4/c1-13(2)10-21-12-20-9-8-15(25-20)16(17(20)18(21)22)19(23)24-11-14-6-4-3-5-7-14/h3-9,13,15-17H,10-12H2,1-2H3/t15-,16+,17-,20+/m0/s1. The van der Waals surface area contributed by atoms with Gasteiger partial charge in [-0.1, -0.05) is 56.3 Å². The van der Waals surface area contributed by atoms with Crippen molar-refractivity contribution in [3.05, 3.63) is 48.0 Å². The third kappa shape index (κ3) is 2.67. The fourth-order valence-electron chi connectivity index (χ4n) is 4.27. The van der Waals surface area contributed by atoms with Crippen LogP contribution in [0.25, 0.3) is 0 Å². The highest BCUT2D eigenvalue weighted by Crippen LogP contribution is 2.52. The molecule has 5 nitrogen and oxygen atoms in total. The van der Waals surface area contributed by atoms with Crippen molar-refractivity contribution < 1.29 is 19.1 Å². The Morgan fingerprint density at radius 2 is 2.12 bits per heavy atom. The molecular weight excluding hydrogens is 318 g/mol. The Balaban J connectivity index is 1.50. The van der Waals surface area contributed by atoms with E-state index in [-0.39, 0.29) is 24.6 Å². The minimum absolute atomic E-state index is 0.0159. The Labute approximate surface area is 147 Å². The predicted molar refractivity (Wildman–Crippen MR) is 91.4 cm³/mol. The molecule has 0 unspecified atom stereocenters. The van der Waals surface area contributed by atoms with Crippen LogP contribution in [0.1, 0.15) is 19.4 Å². The summed E-state index contributed by atoms with van der Waals surface area (Å²) in [6, 6.07) is 9.57. The predicted octanol–water partition coefficient (Wildman–Crippen LogP) is 2.17. The maximum Gasteiger partial charge on any atom is 0.313 e. The van der Waals surface area contributed by atoms with Crippen molar-refractivity contribution in [3.8, 4) is 0 Å². The molecule has 4 rings (SSSR count). The summed E-state index contributed by atoms with van der Waals surface area (Å²) in [5.74, 6) is -0.946. The molecule has 3 heterocycles. The molecule has 0 saturated carbocycles. The van der Waals surface area contributed by atoms with Gasteiger partial charge < -0.3 is 14.4 Å². The lowest BCUT2D eigenvalue weighted by Gasteiger charge is -2.23. The van der Waals surface area contributed by atoms with Gasteiger partial charge in [-0.05, 0) is 11.5 Å². The summed E-state index contributed by atoms with van der Waals surface area (Å²) >= 11 is 0. The van der Waals surface area contributed by atoms with E-state index in [0.29, 0.717) is 19.0 Å². The van der Waals surface area contributed by atoms with Gasteiger partial charge in [-0.2, -0.15) is 0 Å². The second-order valence-electron chi connectivity index (χ2n) is 7.61. The van der Waals surface area contributed by atoms with E-state index in [1.165, 1.54) is 0 Å². The Bertz CT molecular complexity index is 714. The molecule has 132 valence electrons. The topological polar surface area (TPSA) is 55.8 Å².